The van der Waals surface area contributed by atoms with Gasteiger partial charge in [0.15, 0.2) is 0 Å². The molecule has 6 nitrogen and oxygen atoms in total. The zero-order valence-electron chi connectivity index (χ0n) is 18.5. The first-order valence-electron chi connectivity index (χ1n) is 10.5. The van der Waals surface area contributed by atoms with E-state index in [1.807, 2.05) is 26.0 Å². The molecule has 0 saturated carbocycles. The van der Waals surface area contributed by atoms with E-state index in [1.165, 1.54) is 12.0 Å². The van der Waals surface area contributed by atoms with Crippen molar-refractivity contribution in [2.24, 2.45) is 0 Å². The average Bonchev–Trinajstić information content (AvgIpc) is 3.04. The zero-order valence-corrected chi connectivity index (χ0v) is 19.3. The van der Waals surface area contributed by atoms with Gasteiger partial charge >= 0.3 is 0 Å². The SMILES string of the molecule is CCOc1ccc(C2=C(Nc3ccc(OC)c(Cl)c3)C(=O)N(c3cccc(C)c3)C2=O)cc1. The number of benzene rings is 3. The van der Waals surface area contributed by atoms with E-state index in [1.54, 1.807) is 54.6 Å². The van der Waals surface area contributed by atoms with Crippen molar-refractivity contribution in [3.8, 4) is 11.5 Å². The number of amides is 2. The summed E-state index contributed by atoms with van der Waals surface area (Å²) in [7, 11) is 1.53. The van der Waals surface area contributed by atoms with Crippen molar-refractivity contribution < 1.29 is 19.1 Å². The molecule has 168 valence electrons. The van der Waals surface area contributed by atoms with Crippen LogP contribution in [0.4, 0.5) is 11.4 Å². The van der Waals surface area contributed by atoms with Gasteiger partial charge in [0.25, 0.3) is 11.8 Å². The lowest BCUT2D eigenvalue weighted by Crippen LogP contribution is -2.32. The number of hydrogen-bond donors (Lipinski definition) is 1. The van der Waals surface area contributed by atoms with Crippen molar-refractivity contribution in [1.82, 2.24) is 0 Å². The highest BCUT2D eigenvalue weighted by atomic mass is 35.5. The first-order valence-corrected chi connectivity index (χ1v) is 10.8. The van der Waals surface area contributed by atoms with Crippen LogP contribution in [-0.4, -0.2) is 25.5 Å². The van der Waals surface area contributed by atoms with E-state index >= 15 is 0 Å². The lowest BCUT2D eigenvalue weighted by Gasteiger charge is -2.16. The monoisotopic (exact) mass is 462 g/mol. The molecule has 3 aromatic carbocycles. The smallest absolute Gasteiger partial charge is 0.282 e. The summed E-state index contributed by atoms with van der Waals surface area (Å²) in [5, 5.41) is 3.50. The molecule has 0 bridgehead atoms. The molecule has 33 heavy (non-hydrogen) atoms. The van der Waals surface area contributed by atoms with Crippen LogP contribution in [0.1, 0.15) is 18.1 Å². The molecule has 0 aromatic heterocycles. The van der Waals surface area contributed by atoms with E-state index < -0.39 is 11.8 Å². The van der Waals surface area contributed by atoms with Crippen LogP contribution >= 0.6 is 11.6 Å². The Morgan fingerprint density at radius 3 is 2.36 bits per heavy atom. The number of ether oxygens (including phenoxy) is 2. The van der Waals surface area contributed by atoms with Gasteiger partial charge < -0.3 is 14.8 Å². The number of carbonyl (C=O) groups excluding carboxylic acids is 2. The zero-order chi connectivity index (χ0) is 23.5. The lowest BCUT2D eigenvalue weighted by atomic mass is 10.0. The molecule has 0 spiro atoms. The maximum absolute atomic E-state index is 13.5. The molecule has 7 heteroatoms. The normalized spacial score (nSPS) is 13.5. The van der Waals surface area contributed by atoms with Gasteiger partial charge in [-0.05, 0) is 67.4 Å². The third kappa shape index (κ3) is 4.43. The summed E-state index contributed by atoms with van der Waals surface area (Å²) in [6.45, 7) is 4.34. The first kappa shape index (κ1) is 22.4. The van der Waals surface area contributed by atoms with Gasteiger partial charge in [0.1, 0.15) is 17.2 Å². The Morgan fingerprint density at radius 2 is 1.73 bits per heavy atom. The molecular formula is C26H23ClN2O4. The number of imide groups is 1. The number of carbonyl (C=O) groups is 2. The van der Waals surface area contributed by atoms with Crippen LogP contribution in [0, 0.1) is 6.92 Å². The largest absolute Gasteiger partial charge is 0.495 e. The number of hydrogen-bond acceptors (Lipinski definition) is 5. The van der Waals surface area contributed by atoms with Gasteiger partial charge in [-0.2, -0.15) is 0 Å². The minimum Gasteiger partial charge on any atom is -0.495 e. The molecule has 0 fully saturated rings. The Morgan fingerprint density at radius 1 is 0.970 bits per heavy atom. The predicted molar refractivity (Wildman–Crippen MR) is 130 cm³/mol. The van der Waals surface area contributed by atoms with Crippen molar-refractivity contribution in [2.75, 3.05) is 23.9 Å². The van der Waals surface area contributed by atoms with E-state index in [4.69, 9.17) is 21.1 Å². The third-order valence-corrected chi connectivity index (χ3v) is 5.51. The summed E-state index contributed by atoms with van der Waals surface area (Å²) in [4.78, 5) is 28.2. The fourth-order valence-electron chi connectivity index (χ4n) is 3.69. The van der Waals surface area contributed by atoms with Gasteiger partial charge in [0.05, 0.1) is 30.0 Å². The summed E-state index contributed by atoms with van der Waals surface area (Å²) in [6, 6.07) is 19.5. The molecular weight excluding hydrogens is 440 g/mol. The number of methoxy groups -OCH3 is 1. The molecule has 1 aliphatic heterocycles. The summed E-state index contributed by atoms with van der Waals surface area (Å²) < 4.78 is 10.7. The second-order valence-electron chi connectivity index (χ2n) is 7.47. The lowest BCUT2D eigenvalue weighted by molar-refractivity contribution is -0.120. The van der Waals surface area contributed by atoms with Crippen LogP contribution in [0.2, 0.25) is 5.02 Å². The van der Waals surface area contributed by atoms with Crippen LogP contribution in [0.15, 0.2) is 72.4 Å². The molecule has 1 N–H and O–H groups in total. The minimum absolute atomic E-state index is 0.173. The van der Waals surface area contributed by atoms with Crippen LogP contribution < -0.4 is 19.7 Å². The van der Waals surface area contributed by atoms with Crippen molar-refractivity contribution in [1.29, 1.82) is 0 Å². The molecule has 1 aliphatic rings. The first-order chi connectivity index (χ1) is 15.9. The van der Waals surface area contributed by atoms with E-state index in [-0.39, 0.29) is 11.3 Å². The van der Waals surface area contributed by atoms with Crippen LogP contribution in [0.3, 0.4) is 0 Å². The molecule has 4 rings (SSSR count). The molecule has 1 heterocycles. The van der Waals surface area contributed by atoms with Gasteiger partial charge in [-0.3, -0.25) is 9.59 Å². The summed E-state index contributed by atoms with van der Waals surface area (Å²) in [6.07, 6.45) is 0. The molecule has 0 radical (unpaired) electrons. The van der Waals surface area contributed by atoms with Gasteiger partial charge in [0.2, 0.25) is 0 Å². The van der Waals surface area contributed by atoms with Crippen molar-refractivity contribution in [3.05, 3.63) is 88.6 Å². The molecule has 0 unspecified atom stereocenters. The topological polar surface area (TPSA) is 67.9 Å². The number of halogens is 1. The Bertz CT molecular complexity index is 1250. The minimum atomic E-state index is -0.443. The molecule has 0 aliphatic carbocycles. The van der Waals surface area contributed by atoms with Crippen LogP contribution in [0.25, 0.3) is 5.57 Å². The summed E-state index contributed by atoms with van der Waals surface area (Å²) in [5.41, 5.74) is 3.07. The number of rotatable bonds is 7. The number of aryl methyl sites for hydroxylation is 1. The van der Waals surface area contributed by atoms with Crippen molar-refractivity contribution in [3.63, 3.8) is 0 Å². The Kier molecular flexibility index (Phi) is 6.38. The van der Waals surface area contributed by atoms with Gasteiger partial charge in [-0.15, -0.1) is 0 Å². The van der Waals surface area contributed by atoms with Gasteiger partial charge in [-0.25, -0.2) is 4.90 Å². The molecule has 0 saturated heterocycles. The van der Waals surface area contributed by atoms with Gasteiger partial charge in [0, 0.05) is 5.69 Å². The van der Waals surface area contributed by atoms with Crippen molar-refractivity contribution >= 4 is 40.4 Å². The fraction of sp³-hybridized carbons (Fsp3) is 0.154. The quantitative estimate of drug-likeness (QED) is 0.473. The van der Waals surface area contributed by atoms with Gasteiger partial charge in [-0.1, -0.05) is 35.9 Å². The molecule has 3 aromatic rings. The summed E-state index contributed by atoms with van der Waals surface area (Å²) >= 11 is 6.27. The third-order valence-electron chi connectivity index (χ3n) is 5.22. The van der Waals surface area contributed by atoms with E-state index in [2.05, 4.69) is 5.32 Å². The standard InChI is InChI=1S/C26H23ClN2O4/c1-4-33-20-11-8-17(9-12-20)23-24(28-18-10-13-22(32-3)21(27)15-18)26(31)29(25(23)30)19-7-5-6-16(2)14-19/h5-15,28H,4H2,1-3H3. The van der Waals surface area contributed by atoms with E-state index in [0.29, 0.717) is 40.1 Å². The Balaban J connectivity index is 1.79. The maximum atomic E-state index is 13.5. The highest BCUT2D eigenvalue weighted by Gasteiger charge is 2.40. The fourth-order valence-corrected chi connectivity index (χ4v) is 3.95. The Hall–Kier alpha value is -3.77. The van der Waals surface area contributed by atoms with Crippen molar-refractivity contribution in [2.45, 2.75) is 13.8 Å². The molecule has 0 atom stereocenters. The predicted octanol–water partition coefficient (Wildman–Crippen LogP) is 5.45. The van der Waals surface area contributed by atoms with E-state index in [0.717, 1.165) is 5.56 Å². The number of anilines is 2. The Labute approximate surface area is 197 Å². The van der Waals surface area contributed by atoms with Crippen LogP contribution in [0.5, 0.6) is 11.5 Å². The second kappa shape index (κ2) is 9.38. The highest BCUT2D eigenvalue weighted by Crippen LogP contribution is 2.36. The maximum Gasteiger partial charge on any atom is 0.282 e. The number of nitrogens with one attached hydrogen (secondary N) is 1. The molecule has 2 amide bonds. The second-order valence-corrected chi connectivity index (χ2v) is 7.87. The average molecular weight is 463 g/mol. The van der Waals surface area contributed by atoms with Crippen LogP contribution in [-0.2, 0) is 9.59 Å². The number of nitrogens with zero attached hydrogens (tertiary/aromatic N) is 1. The van der Waals surface area contributed by atoms with E-state index in [9.17, 15) is 9.59 Å². The highest BCUT2D eigenvalue weighted by molar-refractivity contribution is 6.46. The summed E-state index contributed by atoms with van der Waals surface area (Å²) in [5.74, 6) is 0.349.